The quantitative estimate of drug-likeness (QED) is 0.457. The lowest BCUT2D eigenvalue weighted by atomic mass is 10.2. The first-order chi connectivity index (χ1) is 14.9. The van der Waals surface area contributed by atoms with Gasteiger partial charge in [-0.05, 0) is 24.3 Å². The van der Waals surface area contributed by atoms with Crippen molar-refractivity contribution in [1.82, 2.24) is 14.7 Å². The van der Waals surface area contributed by atoms with Crippen molar-refractivity contribution in [2.45, 2.75) is 0 Å². The Morgan fingerprint density at radius 1 is 0.806 bits per heavy atom. The summed E-state index contributed by atoms with van der Waals surface area (Å²) in [5.74, 6) is -0.142. The molecule has 158 valence electrons. The topological polar surface area (TPSA) is 128 Å². The van der Waals surface area contributed by atoms with E-state index in [4.69, 9.17) is 0 Å². The van der Waals surface area contributed by atoms with E-state index < -0.39 is 9.85 Å². The Kier molecular flexibility index (Phi) is 5.31. The van der Waals surface area contributed by atoms with Crippen LogP contribution in [0.2, 0.25) is 0 Å². The van der Waals surface area contributed by atoms with E-state index in [-0.39, 0.29) is 17.3 Å². The molecule has 0 aliphatic carbocycles. The molecular formula is C20H18N6O5. The van der Waals surface area contributed by atoms with Crippen molar-refractivity contribution in [3.8, 4) is 5.69 Å². The van der Waals surface area contributed by atoms with Crippen LogP contribution in [0, 0.1) is 20.2 Å². The third-order valence-corrected chi connectivity index (χ3v) is 5.15. The Labute approximate surface area is 176 Å². The number of nitro benzene ring substituents is 2. The summed E-state index contributed by atoms with van der Waals surface area (Å²) in [6.07, 6.45) is 3.08. The van der Waals surface area contributed by atoms with Crippen LogP contribution >= 0.6 is 0 Å². The molecule has 3 aromatic rings. The fourth-order valence-electron chi connectivity index (χ4n) is 3.44. The highest BCUT2D eigenvalue weighted by molar-refractivity contribution is 5.94. The van der Waals surface area contributed by atoms with Crippen molar-refractivity contribution in [2.24, 2.45) is 0 Å². The van der Waals surface area contributed by atoms with Gasteiger partial charge in [0.15, 0.2) is 0 Å². The van der Waals surface area contributed by atoms with Crippen molar-refractivity contribution < 1.29 is 14.6 Å². The lowest BCUT2D eigenvalue weighted by Crippen LogP contribution is -2.48. The molecule has 0 spiro atoms. The molecule has 1 aromatic heterocycles. The maximum absolute atomic E-state index is 12.8. The molecule has 0 N–H and O–H groups in total. The number of rotatable bonds is 5. The molecule has 0 radical (unpaired) electrons. The first-order valence-corrected chi connectivity index (χ1v) is 9.50. The molecule has 0 saturated carbocycles. The number of benzene rings is 2. The highest BCUT2D eigenvalue weighted by Crippen LogP contribution is 2.21. The Bertz CT molecular complexity index is 1120. The van der Waals surface area contributed by atoms with Gasteiger partial charge in [-0.1, -0.05) is 0 Å². The number of anilines is 1. The van der Waals surface area contributed by atoms with E-state index in [1.807, 2.05) is 0 Å². The monoisotopic (exact) mass is 422 g/mol. The fourth-order valence-corrected chi connectivity index (χ4v) is 3.44. The number of carbonyl (C=O) groups is 1. The maximum Gasteiger partial charge on any atom is 0.269 e. The van der Waals surface area contributed by atoms with E-state index in [9.17, 15) is 25.0 Å². The van der Waals surface area contributed by atoms with Crippen LogP contribution < -0.4 is 4.90 Å². The fraction of sp³-hybridized carbons (Fsp3) is 0.200. The lowest BCUT2D eigenvalue weighted by Gasteiger charge is -2.35. The molecule has 31 heavy (non-hydrogen) atoms. The molecule has 11 heteroatoms. The summed E-state index contributed by atoms with van der Waals surface area (Å²) in [4.78, 5) is 37.3. The first-order valence-electron chi connectivity index (χ1n) is 9.50. The number of carbonyl (C=O) groups excluding carboxylic acids is 1. The third kappa shape index (κ3) is 4.20. The predicted molar refractivity (Wildman–Crippen MR) is 111 cm³/mol. The molecule has 0 unspecified atom stereocenters. The van der Waals surface area contributed by atoms with Gasteiger partial charge in [0.25, 0.3) is 17.3 Å². The minimum atomic E-state index is -0.474. The molecule has 0 bridgehead atoms. The van der Waals surface area contributed by atoms with Crippen LogP contribution in [0.1, 0.15) is 10.4 Å². The molecule has 11 nitrogen and oxygen atoms in total. The minimum absolute atomic E-state index is 0.0156. The van der Waals surface area contributed by atoms with Crippen molar-refractivity contribution in [1.29, 1.82) is 0 Å². The zero-order valence-electron chi connectivity index (χ0n) is 16.3. The standard InChI is InChI=1S/C20H18N6O5/c27-20(15-13-21-24(14-15)17-3-7-19(8-4-17)26(30)31)23-11-9-22(10-12-23)16-1-5-18(6-2-16)25(28)29/h1-8,13-14H,9-12H2. The van der Waals surface area contributed by atoms with Crippen molar-refractivity contribution >= 4 is 23.0 Å². The van der Waals surface area contributed by atoms with Crippen molar-refractivity contribution in [3.05, 3.63) is 86.7 Å². The Hall–Kier alpha value is -4.28. The number of amides is 1. The highest BCUT2D eigenvalue weighted by atomic mass is 16.6. The van der Waals surface area contributed by atoms with E-state index in [0.717, 1.165) is 5.69 Å². The average Bonchev–Trinajstić information content (AvgIpc) is 3.29. The summed E-state index contributed by atoms with van der Waals surface area (Å²) in [6, 6.07) is 12.3. The number of nitrogens with zero attached hydrogens (tertiary/aromatic N) is 6. The highest BCUT2D eigenvalue weighted by Gasteiger charge is 2.23. The minimum Gasteiger partial charge on any atom is -0.368 e. The van der Waals surface area contributed by atoms with Gasteiger partial charge in [-0.15, -0.1) is 0 Å². The number of hydrogen-bond acceptors (Lipinski definition) is 7. The van der Waals surface area contributed by atoms with Gasteiger partial charge in [0, 0.05) is 62.3 Å². The second-order valence-electron chi connectivity index (χ2n) is 7.00. The van der Waals surface area contributed by atoms with Crippen LogP contribution in [0.15, 0.2) is 60.9 Å². The average molecular weight is 422 g/mol. The van der Waals surface area contributed by atoms with Gasteiger partial charge in [0.05, 0.1) is 27.3 Å². The Balaban J connectivity index is 1.39. The molecule has 4 rings (SSSR count). The summed E-state index contributed by atoms with van der Waals surface area (Å²) >= 11 is 0. The second kappa shape index (κ2) is 8.22. The first kappa shape index (κ1) is 20.0. The van der Waals surface area contributed by atoms with Crippen LogP contribution in [0.4, 0.5) is 17.1 Å². The summed E-state index contributed by atoms with van der Waals surface area (Å²) in [6.45, 7) is 2.25. The molecule has 0 atom stereocenters. The summed E-state index contributed by atoms with van der Waals surface area (Å²) in [5.41, 5.74) is 1.96. The van der Waals surface area contributed by atoms with E-state index in [1.54, 1.807) is 35.4 Å². The molecular weight excluding hydrogens is 404 g/mol. The molecule has 1 amide bonds. The van der Waals surface area contributed by atoms with Crippen LogP contribution in [0.25, 0.3) is 5.69 Å². The van der Waals surface area contributed by atoms with Crippen molar-refractivity contribution in [3.63, 3.8) is 0 Å². The smallest absolute Gasteiger partial charge is 0.269 e. The van der Waals surface area contributed by atoms with Gasteiger partial charge in [-0.2, -0.15) is 5.10 Å². The molecule has 1 aliphatic rings. The normalized spacial score (nSPS) is 13.8. The van der Waals surface area contributed by atoms with Crippen LogP contribution in [-0.4, -0.2) is 56.6 Å². The van der Waals surface area contributed by atoms with E-state index in [0.29, 0.717) is 37.4 Å². The zero-order valence-corrected chi connectivity index (χ0v) is 16.3. The number of aromatic nitrogens is 2. The summed E-state index contributed by atoms with van der Waals surface area (Å²) in [5, 5.41) is 25.8. The zero-order chi connectivity index (χ0) is 22.0. The van der Waals surface area contributed by atoms with E-state index in [1.165, 1.54) is 35.1 Å². The van der Waals surface area contributed by atoms with Crippen LogP contribution in [0.5, 0.6) is 0 Å². The van der Waals surface area contributed by atoms with Gasteiger partial charge < -0.3 is 9.80 Å². The van der Waals surface area contributed by atoms with Gasteiger partial charge in [-0.3, -0.25) is 25.0 Å². The van der Waals surface area contributed by atoms with Gasteiger partial charge in [-0.25, -0.2) is 4.68 Å². The Morgan fingerprint density at radius 3 is 1.84 bits per heavy atom. The largest absolute Gasteiger partial charge is 0.368 e. The molecule has 2 aromatic carbocycles. The van der Waals surface area contributed by atoms with Crippen molar-refractivity contribution in [2.75, 3.05) is 31.1 Å². The summed E-state index contributed by atoms with van der Waals surface area (Å²) < 4.78 is 1.50. The number of nitro groups is 2. The maximum atomic E-state index is 12.8. The van der Waals surface area contributed by atoms with Gasteiger partial charge >= 0.3 is 0 Å². The second-order valence-corrected chi connectivity index (χ2v) is 7.00. The summed E-state index contributed by atoms with van der Waals surface area (Å²) in [7, 11) is 0. The van der Waals surface area contributed by atoms with E-state index in [2.05, 4.69) is 10.00 Å². The van der Waals surface area contributed by atoms with Gasteiger partial charge in [0.2, 0.25) is 0 Å². The lowest BCUT2D eigenvalue weighted by molar-refractivity contribution is -0.385. The molecule has 1 aliphatic heterocycles. The third-order valence-electron chi connectivity index (χ3n) is 5.15. The van der Waals surface area contributed by atoms with Crippen LogP contribution in [0.3, 0.4) is 0 Å². The number of hydrogen-bond donors (Lipinski definition) is 0. The SMILES string of the molecule is O=C(c1cnn(-c2ccc([N+](=O)[O-])cc2)c1)N1CCN(c2ccc([N+](=O)[O-])cc2)CC1. The number of non-ortho nitro benzene ring substituents is 2. The van der Waals surface area contributed by atoms with Gasteiger partial charge in [0.1, 0.15) is 0 Å². The number of piperazine rings is 1. The van der Waals surface area contributed by atoms with E-state index >= 15 is 0 Å². The molecule has 1 saturated heterocycles. The van der Waals surface area contributed by atoms with Crippen LogP contribution in [-0.2, 0) is 0 Å². The Morgan fingerprint density at radius 2 is 1.32 bits per heavy atom. The molecule has 2 heterocycles. The molecule has 1 fully saturated rings. The predicted octanol–water partition coefficient (Wildman–Crippen LogP) is 2.65.